The van der Waals surface area contributed by atoms with Gasteiger partial charge in [-0.2, -0.15) is 0 Å². The Hall–Kier alpha value is -0.990. The highest BCUT2D eigenvalue weighted by atomic mass is 79.9. The monoisotopic (exact) mass is 629 g/mol. The number of ether oxygens (including phenoxy) is 1. The fraction of sp³-hybridized carbons (Fsp3) is 0.136. The van der Waals surface area contributed by atoms with Gasteiger partial charge in [-0.1, -0.05) is 39.7 Å². The molecule has 1 aliphatic heterocycles. The molecule has 1 aliphatic rings. The van der Waals surface area contributed by atoms with Gasteiger partial charge in [-0.25, -0.2) is 0 Å². The molecule has 30 heavy (non-hydrogen) atoms. The molecule has 1 saturated heterocycles. The summed E-state index contributed by atoms with van der Waals surface area (Å²) < 4.78 is 8.75. The molecule has 3 nitrogen and oxygen atoms in total. The van der Waals surface area contributed by atoms with Crippen molar-refractivity contribution in [3.63, 3.8) is 0 Å². The predicted octanol–water partition coefficient (Wildman–Crippen LogP) is 7.99. The minimum absolute atomic E-state index is 0.0788. The van der Waals surface area contributed by atoms with Gasteiger partial charge in [0.1, 0.15) is 17.7 Å². The molecule has 0 aliphatic carbocycles. The Morgan fingerprint density at radius 1 is 1.00 bits per heavy atom. The van der Waals surface area contributed by atoms with Gasteiger partial charge in [0.25, 0.3) is 0 Å². The molecule has 1 atom stereocenters. The van der Waals surface area contributed by atoms with E-state index in [4.69, 9.17) is 16.3 Å². The van der Waals surface area contributed by atoms with E-state index in [9.17, 15) is 4.79 Å². The molecular weight excluding hydrogens is 617 g/mol. The molecule has 8 heteroatoms. The highest BCUT2D eigenvalue weighted by molar-refractivity contribution is 9.11. The van der Waals surface area contributed by atoms with Crippen LogP contribution in [0.25, 0.3) is 0 Å². The van der Waals surface area contributed by atoms with Gasteiger partial charge in [-0.3, -0.25) is 9.69 Å². The molecule has 0 aromatic heterocycles. The number of nitrogens with zero attached hydrogens (tertiary/aromatic N) is 1. The summed E-state index contributed by atoms with van der Waals surface area (Å²) in [6, 6.07) is 19.4. The largest absolute Gasteiger partial charge is 0.487 e. The summed E-state index contributed by atoms with van der Waals surface area (Å²) in [5.74, 6) is 1.24. The van der Waals surface area contributed by atoms with E-state index in [1.165, 1.54) is 0 Å². The van der Waals surface area contributed by atoms with Crippen LogP contribution in [0.2, 0.25) is 5.02 Å². The van der Waals surface area contributed by atoms with E-state index >= 15 is 0 Å². The summed E-state index contributed by atoms with van der Waals surface area (Å²) in [7, 11) is 0. The van der Waals surface area contributed by atoms with E-state index in [-0.39, 0.29) is 11.3 Å². The van der Waals surface area contributed by atoms with Crippen LogP contribution in [0.1, 0.15) is 16.5 Å². The summed E-state index contributed by atoms with van der Waals surface area (Å²) in [6.07, 6.45) is 0. The highest BCUT2D eigenvalue weighted by Gasteiger charge is 2.34. The fourth-order valence-corrected chi connectivity index (χ4v) is 6.15. The van der Waals surface area contributed by atoms with E-state index < -0.39 is 0 Å². The van der Waals surface area contributed by atoms with Crippen LogP contribution in [0.4, 0.5) is 5.69 Å². The zero-order valence-electron chi connectivity index (χ0n) is 15.4. The average Bonchev–Trinajstić information content (AvgIpc) is 3.11. The summed E-state index contributed by atoms with van der Waals surface area (Å²) in [6.45, 7) is 0.456. The van der Waals surface area contributed by atoms with Crippen molar-refractivity contribution in [2.75, 3.05) is 10.7 Å². The van der Waals surface area contributed by atoms with Gasteiger partial charge in [0.2, 0.25) is 5.91 Å². The lowest BCUT2D eigenvalue weighted by Crippen LogP contribution is -2.27. The maximum absolute atomic E-state index is 12.6. The number of hydrogen-bond donors (Lipinski definition) is 0. The Labute approximate surface area is 209 Å². The molecular formula is C22H15Br3ClNO2S. The zero-order chi connectivity index (χ0) is 21.3. The van der Waals surface area contributed by atoms with Crippen LogP contribution in [0.3, 0.4) is 0 Å². The predicted molar refractivity (Wildman–Crippen MR) is 134 cm³/mol. The van der Waals surface area contributed by atoms with Crippen LogP contribution < -0.4 is 9.64 Å². The Morgan fingerprint density at radius 3 is 2.27 bits per heavy atom. The van der Waals surface area contributed by atoms with Crippen LogP contribution in [0.15, 0.2) is 74.1 Å². The molecule has 0 bridgehead atoms. The molecule has 1 heterocycles. The zero-order valence-corrected chi connectivity index (χ0v) is 21.8. The molecule has 1 amide bonds. The number of rotatable bonds is 5. The number of carbonyl (C=O) groups is 1. The second kappa shape index (κ2) is 9.65. The third-order valence-corrected chi connectivity index (χ3v) is 7.75. The summed E-state index contributed by atoms with van der Waals surface area (Å²) >= 11 is 18.3. The Balaban J connectivity index is 1.58. The summed E-state index contributed by atoms with van der Waals surface area (Å²) in [5.41, 5.74) is 2.92. The minimum atomic E-state index is -0.119. The van der Waals surface area contributed by atoms with Crippen LogP contribution in [0.5, 0.6) is 5.75 Å². The van der Waals surface area contributed by atoms with Crippen molar-refractivity contribution >= 4 is 82.7 Å². The Bertz CT molecular complexity index is 1050. The standard InChI is InChI=1S/C22H15Br3ClNO2S/c23-15-3-1-13(2-4-15)11-29-21-18(24)9-14(10-19(21)25)22-27(20(28)12-30-22)17-7-5-16(26)6-8-17/h1-10,22H,11-12H2/t22-/m1/s1. The van der Waals surface area contributed by atoms with Gasteiger partial charge in [0, 0.05) is 15.2 Å². The fourth-order valence-electron chi connectivity index (χ4n) is 3.15. The van der Waals surface area contributed by atoms with Crippen LogP contribution in [0, 0.1) is 0 Å². The van der Waals surface area contributed by atoms with Crippen molar-refractivity contribution in [1.29, 1.82) is 0 Å². The molecule has 0 radical (unpaired) electrons. The molecule has 1 fully saturated rings. The van der Waals surface area contributed by atoms with Crippen molar-refractivity contribution in [3.8, 4) is 5.75 Å². The lowest BCUT2D eigenvalue weighted by molar-refractivity contribution is -0.115. The molecule has 4 rings (SSSR count). The number of halogens is 4. The first-order valence-corrected chi connectivity index (χ1v) is 12.8. The highest BCUT2D eigenvalue weighted by Crippen LogP contribution is 2.45. The SMILES string of the molecule is O=C1CS[C@H](c2cc(Br)c(OCc3ccc(Br)cc3)c(Br)c2)N1c1ccc(Cl)cc1. The first-order chi connectivity index (χ1) is 14.4. The molecule has 3 aromatic carbocycles. The average molecular weight is 633 g/mol. The van der Waals surface area contributed by atoms with E-state index in [1.807, 2.05) is 53.4 Å². The molecule has 0 spiro atoms. The van der Waals surface area contributed by atoms with Gasteiger partial charge in [-0.05, 0) is 91.5 Å². The Morgan fingerprint density at radius 2 is 1.63 bits per heavy atom. The minimum Gasteiger partial charge on any atom is -0.487 e. The summed E-state index contributed by atoms with van der Waals surface area (Å²) in [5, 5.41) is 0.527. The lowest BCUT2D eigenvalue weighted by Gasteiger charge is -2.25. The van der Waals surface area contributed by atoms with Crippen molar-refractivity contribution in [2.45, 2.75) is 12.0 Å². The number of carbonyl (C=O) groups excluding carboxylic acids is 1. The third-order valence-electron chi connectivity index (χ3n) is 4.57. The molecule has 3 aromatic rings. The van der Waals surface area contributed by atoms with Crippen molar-refractivity contribution in [1.82, 2.24) is 0 Å². The quantitative estimate of drug-likeness (QED) is 0.286. The third kappa shape index (κ3) is 4.91. The van der Waals surface area contributed by atoms with E-state index in [2.05, 4.69) is 47.8 Å². The first kappa shape index (κ1) is 22.2. The van der Waals surface area contributed by atoms with Crippen molar-refractivity contribution in [2.24, 2.45) is 0 Å². The van der Waals surface area contributed by atoms with E-state index in [0.29, 0.717) is 17.4 Å². The van der Waals surface area contributed by atoms with E-state index in [1.54, 1.807) is 23.9 Å². The molecule has 0 saturated carbocycles. The maximum Gasteiger partial charge on any atom is 0.238 e. The van der Waals surface area contributed by atoms with Crippen molar-refractivity contribution < 1.29 is 9.53 Å². The van der Waals surface area contributed by atoms with Gasteiger partial charge < -0.3 is 4.74 Å². The van der Waals surface area contributed by atoms with Gasteiger partial charge in [0.15, 0.2) is 0 Å². The van der Waals surface area contributed by atoms with Gasteiger partial charge in [0.05, 0.1) is 14.7 Å². The number of benzene rings is 3. The number of thioether (sulfide) groups is 1. The van der Waals surface area contributed by atoms with Crippen LogP contribution in [-0.4, -0.2) is 11.7 Å². The normalized spacial score (nSPS) is 16.2. The van der Waals surface area contributed by atoms with Gasteiger partial charge in [-0.15, -0.1) is 11.8 Å². The smallest absolute Gasteiger partial charge is 0.238 e. The van der Waals surface area contributed by atoms with E-state index in [0.717, 1.165) is 36.0 Å². The van der Waals surface area contributed by atoms with Crippen molar-refractivity contribution in [3.05, 3.63) is 90.2 Å². The number of hydrogen-bond acceptors (Lipinski definition) is 3. The number of amides is 1. The summed E-state index contributed by atoms with van der Waals surface area (Å²) in [4.78, 5) is 14.4. The van der Waals surface area contributed by atoms with Crippen LogP contribution in [-0.2, 0) is 11.4 Å². The molecule has 0 unspecified atom stereocenters. The lowest BCUT2D eigenvalue weighted by atomic mass is 10.1. The first-order valence-electron chi connectivity index (χ1n) is 8.98. The Kier molecular flexibility index (Phi) is 7.15. The number of anilines is 1. The topological polar surface area (TPSA) is 29.5 Å². The molecule has 0 N–H and O–H groups in total. The second-order valence-corrected chi connectivity index (χ2v) is 10.8. The maximum atomic E-state index is 12.6. The van der Waals surface area contributed by atoms with Gasteiger partial charge >= 0.3 is 0 Å². The molecule has 154 valence electrons. The second-order valence-electron chi connectivity index (χ2n) is 6.63. The van der Waals surface area contributed by atoms with Crippen LogP contribution >= 0.6 is 71.2 Å².